The second kappa shape index (κ2) is 5.19. The van der Waals surface area contributed by atoms with E-state index in [4.69, 9.17) is 5.11 Å². The first-order chi connectivity index (χ1) is 7.86. The summed E-state index contributed by atoms with van der Waals surface area (Å²) < 4.78 is 0. The van der Waals surface area contributed by atoms with E-state index in [-0.39, 0.29) is 6.54 Å². The molecule has 0 bridgehead atoms. The average molecular weight is 237 g/mol. The van der Waals surface area contributed by atoms with Crippen LogP contribution in [0.15, 0.2) is 18.2 Å². The van der Waals surface area contributed by atoms with Gasteiger partial charge < -0.3 is 15.5 Å². The Labute approximate surface area is 101 Å². The molecule has 4 heteroatoms. The third-order valence-electron chi connectivity index (χ3n) is 2.82. The maximum atomic E-state index is 10.7. The summed E-state index contributed by atoms with van der Waals surface area (Å²) in [6.45, 7) is 5.35. The Morgan fingerprint density at radius 3 is 2.59 bits per heavy atom. The highest BCUT2D eigenvalue weighted by Gasteiger charge is 2.29. The second-order valence-corrected chi connectivity index (χ2v) is 4.43. The minimum Gasteiger partial charge on any atom is -0.479 e. The summed E-state index contributed by atoms with van der Waals surface area (Å²) in [4.78, 5) is 10.7. The molecule has 0 aliphatic heterocycles. The molecule has 1 unspecified atom stereocenters. The number of nitrogens with one attached hydrogen (secondary N) is 1. The molecular weight excluding hydrogens is 218 g/mol. The Hall–Kier alpha value is -1.55. The van der Waals surface area contributed by atoms with E-state index in [1.165, 1.54) is 12.5 Å². The van der Waals surface area contributed by atoms with Crippen LogP contribution in [0.1, 0.15) is 25.0 Å². The second-order valence-electron chi connectivity index (χ2n) is 4.43. The van der Waals surface area contributed by atoms with Gasteiger partial charge in [0.25, 0.3) is 0 Å². The molecular formula is C13H19NO3. The summed E-state index contributed by atoms with van der Waals surface area (Å²) in [7, 11) is 0. The first kappa shape index (κ1) is 13.5. The quantitative estimate of drug-likeness (QED) is 0.730. The highest BCUT2D eigenvalue weighted by molar-refractivity contribution is 5.77. The standard InChI is InChI=1S/C13H19NO3/c1-4-10-5-6-11(7-9(10)2)14-8-13(3,17)12(15)16/h5-7,14,17H,4,8H2,1-3H3,(H,15,16). The van der Waals surface area contributed by atoms with Crippen molar-refractivity contribution < 1.29 is 15.0 Å². The van der Waals surface area contributed by atoms with Crippen LogP contribution in [0.3, 0.4) is 0 Å². The summed E-state index contributed by atoms with van der Waals surface area (Å²) in [6, 6.07) is 5.85. The lowest BCUT2D eigenvalue weighted by Crippen LogP contribution is -2.41. The molecule has 4 nitrogen and oxygen atoms in total. The predicted molar refractivity (Wildman–Crippen MR) is 67.3 cm³/mol. The maximum Gasteiger partial charge on any atom is 0.337 e. The lowest BCUT2D eigenvalue weighted by atomic mass is 10.0. The van der Waals surface area contributed by atoms with Crippen molar-refractivity contribution in [1.29, 1.82) is 0 Å². The lowest BCUT2D eigenvalue weighted by molar-refractivity contribution is -0.155. The number of rotatable bonds is 5. The number of carboxylic acid groups (broad SMARTS) is 1. The fourth-order valence-electron chi connectivity index (χ4n) is 1.55. The summed E-state index contributed by atoms with van der Waals surface area (Å²) in [6.07, 6.45) is 0.971. The van der Waals surface area contributed by atoms with Crippen LogP contribution in [-0.4, -0.2) is 28.3 Å². The van der Waals surface area contributed by atoms with E-state index in [9.17, 15) is 9.90 Å². The minimum atomic E-state index is -1.75. The van der Waals surface area contributed by atoms with Crippen LogP contribution in [0.5, 0.6) is 0 Å². The van der Waals surface area contributed by atoms with Crippen LogP contribution in [-0.2, 0) is 11.2 Å². The van der Waals surface area contributed by atoms with Crippen molar-refractivity contribution >= 4 is 11.7 Å². The van der Waals surface area contributed by atoms with Gasteiger partial charge in [-0.05, 0) is 43.5 Å². The van der Waals surface area contributed by atoms with Crippen LogP contribution in [0.25, 0.3) is 0 Å². The third-order valence-corrected chi connectivity index (χ3v) is 2.82. The summed E-state index contributed by atoms with van der Waals surface area (Å²) in [5, 5.41) is 21.3. The Bertz CT molecular complexity index is 413. The molecule has 0 radical (unpaired) electrons. The van der Waals surface area contributed by atoms with Crippen molar-refractivity contribution in [1.82, 2.24) is 0 Å². The van der Waals surface area contributed by atoms with Gasteiger partial charge in [-0.25, -0.2) is 4.79 Å². The predicted octanol–water partition coefficient (Wildman–Crippen LogP) is 1.80. The van der Waals surface area contributed by atoms with Crippen molar-refractivity contribution in [3.05, 3.63) is 29.3 Å². The first-order valence-corrected chi connectivity index (χ1v) is 5.66. The van der Waals surface area contributed by atoms with Gasteiger partial charge in [-0.15, -0.1) is 0 Å². The van der Waals surface area contributed by atoms with Gasteiger partial charge in [-0.2, -0.15) is 0 Å². The molecule has 0 amide bonds. The van der Waals surface area contributed by atoms with Gasteiger partial charge in [0.2, 0.25) is 0 Å². The largest absolute Gasteiger partial charge is 0.479 e. The number of aryl methyl sites for hydroxylation is 2. The van der Waals surface area contributed by atoms with E-state index in [1.54, 1.807) is 0 Å². The average Bonchev–Trinajstić information content (AvgIpc) is 2.26. The third kappa shape index (κ3) is 3.46. The Balaban J connectivity index is 2.71. The molecule has 17 heavy (non-hydrogen) atoms. The zero-order valence-corrected chi connectivity index (χ0v) is 10.4. The van der Waals surface area contributed by atoms with Gasteiger partial charge in [-0.1, -0.05) is 13.0 Å². The molecule has 1 rings (SSSR count). The molecule has 0 heterocycles. The fourth-order valence-corrected chi connectivity index (χ4v) is 1.55. The van der Waals surface area contributed by atoms with Crippen LogP contribution in [0.4, 0.5) is 5.69 Å². The van der Waals surface area contributed by atoms with E-state index in [2.05, 4.69) is 12.2 Å². The van der Waals surface area contributed by atoms with Gasteiger partial charge in [0, 0.05) is 5.69 Å². The molecule has 94 valence electrons. The van der Waals surface area contributed by atoms with Crippen molar-refractivity contribution in [2.75, 3.05) is 11.9 Å². The Morgan fingerprint density at radius 2 is 2.12 bits per heavy atom. The fraction of sp³-hybridized carbons (Fsp3) is 0.462. The zero-order chi connectivity index (χ0) is 13.1. The van der Waals surface area contributed by atoms with Crippen LogP contribution < -0.4 is 5.32 Å². The SMILES string of the molecule is CCc1ccc(NCC(C)(O)C(=O)O)cc1C. The molecule has 1 atom stereocenters. The molecule has 0 fully saturated rings. The molecule has 1 aromatic rings. The van der Waals surface area contributed by atoms with Gasteiger partial charge in [-0.3, -0.25) is 0 Å². The van der Waals surface area contributed by atoms with Crippen molar-refractivity contribution in [2.45, 2.75) is 32.8 Å². The normalized spacial score (nSPS) is 14.1. The van der Waals surface area contributed by atoms with Gasteiger partial charge in [0.1, 0.15) is 0 Å². The Kier molecular flexibility index (Phi) is 4.12. The number of hydrogen-bond donors (Lipinski definition) is 3. The van der Waals surface area contributed by atoms with Crippen LogP contribution in [0.2, 0.25) is 0 Å². The molecule has 0 aliphatic rings. The summed E-state index contributed by atoms with van der Waals surface area (Å²) in [5.41, 5.74) is 1.49. The number of benzene rings is 1. The molecule has 0 aliphatic carbocycles. The molecule has 0 aromatic heterocycles. The summed E-state index contributed by atoms with van der Waals surface area (Å²) in [5.74, 6) is -1.23. The number of aliphatic carboxylic acids is 1. The van der Waals surface area contributed by atoms with Crippen LogP contribution >= 0.6 is 0 Å². The van der Waals surface area contributed by atoms with Gasteiger partial charge in [0.15, 0.2) is 5.60 Å². The lowest BCUT2D eigenvalue weighted by Gasteiger charge is -2.19. The molecule has 0 saturated carbocycles. The van der Waals surface area contributed by atoms with Crippen LogP contribution in [0, 0.1) is 6.92 Å². The zero-order valence-electron chi connectivity index (χ0n) is 10.4. The smallest absolute Gasteiger partial charge is 0.337 e. The number of hydrogen-bond acceptors (Lipinski definition) is 3. The molecule has 0 saturated heterocycles. The first-order valence-electron chi connectivity index (χ1n) is 5.66. The van der Waals surface area contributed by atoms with E-state index >= 15 is 0 Å². The van der Waals surface area contributed by atoms with Crippen molar-refractivity contribution in [3.8, 4) is 0 Å². The number of aliphatic hydroxyl groups is 1. The highest BCUT2D eigenvalue weighted by Crippen LogP contribution is 2.16. The molecule has 3 N–H and O–H groups in total. The van der Waals surface area contributed by atoms with E-state index < -0.39 is 11.6 Å². The topological polar surface area (TPSA) is 69.6 Å². The van der Waals surface area contributed by atoms with E-state index in [0.717, 1.165) is 17.7 Å². The molecule has 1 aromatic carbocycles. The maximum absolute atomic E-state index is 10.7. The highest BCUT2D eigenvalue weighted by atomic mass is 16.4. The van der Waals surface area contributed by atoms with Gasteiger partial charge in [0.05, 0.1) is 6.54 Å². The monoisotopic (exact) mass is 237 g/mol. The number of carboxylic acids is 1. The van der Waals surface area contributed by atoms with E-state index in [1.807, 2.05) is 25.1 Å². The summed E-state index contributed by atoms with van der Waals surface area (Å²) >= 11 is 0. The number of anilines is 1. The number of carbonyl (C=O) groups is 1. The minimum absolute atomic E-state index is 0.0206. The van der Waals surface area contributed by atoms with Crippen molar-refractivity contribution in [3.63, 3.8) is 0 Å². The van der Waals surface area contributed by atoms with Crippen molar-refractivity contribution in [2.24, 2.45) is 0 Å². The Morgan fingerprint density at radius 1 is 1.47 bits per heavy atom. The van der Waals surface area contributed by atoms with E-state index in [0.29, 0.717) is 0 Å². The van der Waals surface area contributed by atoms with Gasteiger partial charge >= 0.3 is 5.97 Å². The molecule has 0 spiro atoms.